The van der Waals surface area contributed by atoms with E-state index in [2.05, 4.69) is 4.98 Å². The van der Waals surface area contributed by atoms with Gasteiger partial charge >= 0.3 is 13.2 Å². The van der Waals surface area contributed by atoms with Crippen LogP contribution >= 0.6 is 0 Å². The standard InChI is InChI=1S/C25H35BF2N6O5/c1-15(35)33-11-8-20-18(14-33)23(31(5)21-12-17(22(27)28)19(13-29-21)26(37)38)30-34(20)16-6-9-32(10-7-16)24(36)39-25(2,3)4/h12-13,16,22,37-38H,6-11,14H2,1-5H3. The Morgan fingerprint density at radius 3 is 2.41 bits per heavy atom. The Kier molecular flexibility index (Phi) is 8.17. The van der Waals surface area contributed by atoms with Gasteiger partial charge in [0.1, 0.15) is 11.4 Å². The Morgan fingerprint density at radius 2 is 1.85 bits per heavy atom. The number of fused-ring (bicyclic) bond motifs is 1. The van der Waals surface area contributed by atoms with Crippen molar-refractivity contribution in [2.75, 3.05) is 31.6 Å². The van der Waals surface area contributed by atoms with Gasteiger partial charge in [-0.15, -0.1) is 0 Å². The largest absolute Gasteiger partial charge is 0.490 e. The van der Waals surface area contributed by atoms with Crippen molar-refractivity contribution in [2.24, 2.45) is 0 Å². The van der Waals surface area contributed by atoms with Crippen LogP contribution in [0.1, 0.15) is 69.8 Å². The van der Waals surface area contributed by atoms with E-state index >= 15 is 0 Å². The van der Waals surface area contributed by atoms with Gasteiger partial charge in [-0.05, 0) is 39.7 Å². The average Bonchev–Trinajstić information content (AvgIpc) is 3.25. The van der Waals surface area contributed by atoms with Crippen LogP contribution in [0.3, 0.4) is 0 Å². The molecule has 0 spiro atoms. The monoisotopic (exact) mass is 548 g/mol. The molecular weight excluding hydrogens is 513 g/mol. The third kappa shape index (κ3) is 6.16. The molecule has 212 valence electrons. The molecule has 14 heteroatoms. The summed E-state index contributed by atoms with van der Waals surface area (Å²) in [4.78, 5) is 33.9. The van der Waals surface area contributed by atoms with Crippen molar-refractivity contribution < 1.29 is 33.2 Å². The lowest BCUT2D eigenvalue weighted by atomic mass is 9.78. The topological polar surface area (TPSA) is 124 Å². The van der Waals surface area contributed by atoms with Gasteiger partial charge in [-0.2, -0.15) is 5.10 Å². The Bertz CT molecular complexity index is 1230. The predicted molar refractivity (Wildman–Crippen MR) is 140 cm³/mol. The molecule has 0 aliphatic carbocycles. The molecule has 2 aliphatic rings. The van der Waals surface area contributed by atoms with E-state index in [1.807, 2.05) is 25.5 Å². The van der Waals surface area contributed by atoms with Crippen LogP contribution < -0.4 is 10.4 Å². The number of nitrogens with zero attached hydrogens (tertiary/aromatic N) is 6. The van der Waals surface area contributed by atoms with Gasteiger partial charge < -0.3 is 29.5 Å². The number of aromatic nitrogens is 3. The highest BCUT2D eigenvalue weighted by atomic mass is 19.3. The molecule has 2 aliphatic heterocycles. The molecule has 0 bridgehead atoms. The number of ether oxygens (including phenoxy) is 1. The maximum Gasteiger partial charge on any atom is 0.490 e. The van der Waals surface area contributed by atoms with E-state index in [1.165, 1.54) is 6.92 Å². The van der Waals surface area contributed by atoms with Crippen LogP contribution in [0.15, 0.2) is 12.3 Å². The van der Waals surface area contributed by atoms with Crippen molar-refractivity contribution in [3.63, 3.8) is 0 Å². The summed E-state index contributed by atoms with van der Waals surface area (Å²) in [6.07, 6.45) is -0.374. The quantitative estimate of drug-likeness (QED) is 0.545. The molecule has 0 aromatic carbocycles. The molecule has 0 unspecified atom stereocenters. The van der Waals surface area contributed by atoms with Crippen molar-refractivity contribution >= 4 is 36.2 Å². The van der Waals surface area contributed by atoms with Crippen LogP contribution in [0.25, 0.3) is 0 Å². The molecule has 1 saturated heterocycles. The van der Waals surface area contributed by atoms with Gasteiger partial charge in [0.2, 0.25) is 5.91 Å². The molecule has 0 atom stereocenters. The summed E-state index contributed by atoms with van der Waals surface area (Å²) in [7, 11) is -0.430. The summed E-state index contributed by atoms with van der Waals surface area (Å²) in [5, 5.41) is 23.8. The van der Waals surface area contributed by atoms with Crippen molar-refractivity contribution in [3.05, 3.63) is 29.1 Å². The van der Waals surface area contributed by atoms with E-state index < -0.39 is 24.7 Å². The summed E-state index contributed by atoms with van der Waals surface area (Å²) in [6.45, 7) is 8.84. The number of hydrogen-bond donors (Lipinski definition) is 2. The Morgan fingerprint density at radius 1 is 1.18 bits per heavy atom. The number of pyridine rings is 1. The summed E-state index contributed by atoms with van der Waals surface area (Å²) in [5.74, 6) is 0.560. The highest BCUT2D eigenvalue weighted by Crippen LogP contribution is 2.36. The third-order valence-electron chi connectivity index (χ3n) is 7.10. The van der Waals surface area contributed by atoms with E-state index in [4.69, 9.17) is 9.84 Å². The van der Waals surface area contributed by atoms with Gasteiger partial charge in [0.05, 0.1) is 12.6 Å². The molecule has 2 aromatic heterocycles. The van der Waals surface area contributed by atoms with Crippen LogP contribution in [-0.2, 0) is 22.5 Å². The predicted octanol–water partition coefficient (Wildman–Crippen LogP) is 2.14. The second-order valence-corrected chi connectivity index (χ2v) is 11.0. The minimum absolute atomic E-state index is 0.0000361. The maximum absolute atomic E-state index is 13.7. The fourth-order valence-electron chi connectivity index (χ4n) is 5.05. The summed E-state index contributed by atoms with van der Waals surface area (Å²) in [5.41, 5.74) is 0.286. The van der Waals surface area contributed by atoms with Crippen LogP contribution in [0.4, 0.5) is 25.2 Å². The molecule has 39 heavy (non-hydrogen) atoms. The van der Waals surface area contributed by atoms with Crippen molar-refractivity contribution in [3.8, 4) is 0 Å². The minimum Gasteiger partial charge on any atom is -0.444 e. The lowest BCUT2D eigenvalue weighted by Crippen LogP contribution is -2.42. The number of amides is 2. The summed E-state index contributed by atoms with van der Waals surface area (Å²) < 4.78 is 34.9. The zero-order valence-corrected chi connectivity index (χ0v) is 22.9. The molecule has 4 heterocycles. The second-order valence-electron chi connectivity index (χ2n) is 11.0. The van der Waals surface area contributed by atoms with Crippen molar-refractivity contribution in [1.82, 2.24) is 24.6 Å². The van der Waals surface area contributed by atoms with Crippen molar-refractivity contribution in [2.45, 2.75) is 71.6 Å². The van der Waals surface area contributed by atoms with E-state index in [9.17, 15) is 28.4 Å². The number of alkyl halides is 2. The van der Waals surface area contributed by atoms with Crippen molar-refractivity contribution in [1.29, 1.82) is 0 Å². The Labute approximate surface area is 226 Å². The molecule has 0 saturated carbocycles. The summed E-state index contributed by atoms with van der Waals surface area (Å²) in [6, 6.07) is 1.12. The van der Waals surface area contributed by atoms with Gasteiger partial charge in [0.15, 0.2) is 5.82 Å². The molecule has 2 aromatic rings. The first kappa shape index (κ1) is 28.7. The molecule has 2 amide bonds. The number of likely N-dealkylation sites (tertiary alicyclic amines) is 1. The van der Waals surface area contributed by atoms with E-state index in [0.717, 1.165) is 23.5 Å². The van der Waals surface area contributed by atoms with Gasteiger partial charge in [-0.1, -0.05) is 0 Å². The number of rotatable bonds is 5. The first-order valence-electron chi connectivity index (χ1n) is 13.0. The fourth-order valence-corrected chi connectivity index (χ4v) is 5.05. The number of anilines is 2. The second kappa shape index (κ2) is 11.1. The van der Waals surface area contributed by atoms with Crippen LogP contribution in [0.5, 0.6) is 0 Å². The lowest BCUT2D eigenvalue weighted by Gasteiger charge is -2.34. The summed E-state index contributed by atoms with van der Waals surface area (Å²) >= 11 is 0. The van der Waals surface area contributed by atoms with E-state index in [-0.39, 0.29) is 29.3 Å². The van der Waals surface area contributed by atoms with Crippen LogP contribution in [0.2, 0.25) is 0 Å². The number of piperidine rings is 1. The first-order valence-corrected chi connectivity index (χ1v) is 13.0. The highest BCUT2D eigenvalue weighted by Gasteiger charge is 2.34. The number of carbonyl (C=O) groups excluding carboxylic acids is 2. The average molecular weight is 548 g/mol. The molecule has 11 nitrogen and oxygen atoms in total. The lowest BCUT2D eigenvalue weighted by molar-refractivity contribution is -0.129. The molecule has 2 N–H and O–H groups in total. The molecule has 0 radical (unpaired) electrons. The zero-order valence-electron chi connectivity index (χ0n) is 22.9. The molecule has 1 fully saturated rings. The van der Waals surface area contributed by atoms with Gasteiger partial charge in [0, 0.05) is 68.5 Å². The smallest absolute Gasteiger partial charge is 0.444 e. The number of halogens is 2. The highest BCUT2D eigenvalue weighted by molar-refractivity contribution is 6.59. The van der Waals surface area contributed by atoms with E-state index in [1.54, 1.807) is 21.7 Å². The number of carbonyl (C=O) groups is 2. The Hall–Kier alpha value is -3.26. The fraction of sp³-hybridized carbons (Fsp3) is 0.600. The minimum atomic E-state index is -2.94. The van der Waals surface area contributed by atoms with Gasteiger partial charge in [-0.25, -0.2) is 18.6 Å². The molecular formula is C25H35BF2N6O5. The third-order valence-corrected chi connectivity index (χ3v) is 7.10. The molecule has 4 rings (SSSR count). The van der Waals surface area contributed by atoms with Crippen LogP contribution in [-0.4, -0.2) is 86.0 Å². The SMILES string of the molecule is CC(=O)N1CCc2c(c(N(C)c3cc(C(F)F)c(B(O)O)cn3)nn2C2CCN(C(=O)OC(C)(C)C)CC2)C1. The first-order chi connectivity index (χ1) is 18.3. The maximum atomic E-state index is 13.7. The van der Waals surface area contributed by atoms with Gasteiger partial charge in [0.25, 0.3) is 6.43 Å². The van der Waals surface area contributed by atoms with Crippen LogP contribution in [0, 0.1) is 0 Å². The zero-order chi connectivity index (χ0) is 28.6. The van der Waals surface area contributed by atoms with E-state index in [0.29, 0.717) is 51.3 Å². The Balaban J connectivity index is 1.65. The van der Waals surface area contributed by atoms with Gasteiger partial charge in [-0.3, -0.25) is 9.48 Å². The number of hydrogen-bond acceptors (Lipinski definition) is 8. The normalized spacial score (nSPS) is 16.4.